The second-order valence-electron chi connectivity index (χ2n) is 4.47. The van der Waals surface area contributed by atoms with Crippen molar-refractivity contribution in [2.24, 2.45) is 5.92 Å². The zero-order valence-electron chi connectivity index (χ0n) is 9.32. The first-order valence-electron chi connectivity index (χ1n) is 5.64. The van der Waals surface area contributed by atoms with Crippen LogP contribution in [0.5, 0.6) is 0 Å². The first-order valence-corrected chi connectivity index (χ1v) is 5.64. The summed E-state index contributed by atoms with van der Waals surface area (Å²) in [6.07, 6.45) is 0.923. The predicted molar refractivity (Wildman–Crippen MR) is 53.1 cm³/mol. The Labute approximate surface area is 100 Å². The van der Waals surface area contributed by atoms with Crippen LogP contribution in [-0.2, 0) is 0 Å². The molecular formula is C12H11F5O. The lowest BCUT2D eigenvalue weighted by Gasteiger charge is -2.19. The lowest BCUT2D eigenvalue weighted by atomic mass is 9.93. The van der Waals surface area contributed by atoms with Gasteiger partial charge in [-0.05, 0) is 18.8 Å². The molecule has 0 aromatic heterocycles. The molecule has 100 valence electrons. The molecule has 1 aliphatic carbocycles. The lowest BCUT2D eigenvalue weighted by Crippen LogP contribution is -2.16. The molecule has 1 unspecified atom stereocenters. The van der Waals surface area contributed by atoms with Crippen LogP contribution in [0.2, 0.25) is 0 Å². The zero-order valence-corrected chi connectivity index (χ0v) is 9.32. The number of rotatable bonds is 2. The summed E-state index contributed by atoms with van der Waals surface area (Å²) in [5, 5.41) is 9.79. The summed E-state index contributed by atoms with van der Waals surface area (Å²) in [6.45, 7) is 0. The smallest absolute Gasteiger partial charge is 0.200 e. The molecule has 6 heteroatoms. The van der Waals surface area contributed by atoms with Crippen molar-refractivity contribution in [3.63, 3.8) is 0 Å². The van der Waals surface area contributed by atoms with Crippen LogP contribution in [0.15, 0.2) is 0 Å². The van der Waals surface area contributed by atoms with Crippen LogP contribution in [0.25, 0.3) is 0 Å². The van der Waals surface area contributed by atoms with E-state index in [1.165, 1.54) is 0 Å². The largest absolute Gasteiger partial charge is 0.388 e. The first-order chi connectivity index (χ1) is 8.45. The van der Waals surface area contributed by atoms with Gasteiger partial charge in [0.25, 0.3) is 0 Å². The number of benzene rings is 1. The molecule has 0 spiro atoms. The molecule has 18 heavy (non-hydrogen) atoms. The Morgan fingerprint density at radius 3 is 1.61 bits per heavy atom. The van der Waals surface area contributed by atoms with Gasteiger partial charge in [-0.25, -0.2) is 22.0 Å². The van der Waals surface area contributed by atoms with Crippen molar-refractivity contribution < 1.29 is 27.1 Å². The van der Waals surface area contributed by atoms with Gasteiger partial charge in [0.2, 0.25) is 5.82 Å². The van der Waals surface area contributed by atoms with Crippen LogP contribution in [0.1, 0.15) is 37.4 Å². The van der Waals surface area contributed by atoms with Gasteiger partial charge in [0.15, 0.2) is 23.3 Å². The molecule has 0 aliphatic heterocycles. The number of aliphatic hydroxyl groups excluding tert-OH is 1. The first kappa shape index (κ1) is 13.3. The minimum atomic E-state index is -2.20. The Balaban J connectivity index is 2.49. The third-order valence-electron chi connectivity index (χ3n) is 3.39. The molecule has 1 aliphatic rings. The Kier molecular flexibility index (Phi) is 3.56. The Morgan fingerprint density at radius 2 is 1.17 bits per heavy atom. The quantitative estimate of drug-likeness (QED) is 0.492. The molecule has 0 amide bonds. The van der Waals surface area contributed by atoms with Gasteiger partial charge in [0.05, 0.1) is 11.7 Å². The predicted octanol–water partition coefficient (Wildman–Crippen LogP) is 3.61. The summed E-state index contributed by atoms with van der Waals surface area (Å²) >= 11 is 0. The SMILES string of the molecule is OC(c1c(F)c(F)c(F)c(F)c1F)C1CCCC1. The van der Waals surface area contributed by atoms with Crippen LogP contribution in [-0.4, -0.2) is 5.11 Å². The number of hydrogen-bond acceptors (Lipinski definition) is 1. The molecule has 1 atom stereocenters. The molecule has 1 saturated carbocycles. The van der Waals surface area contributed by atoms with E-state index in [-0.39, 0.29) is 0 Å². The molecule has 1 N–H and O–H groups in total. The molecular weight excluding hydrogens is 255 g/mol. The maximum absolute atomic E-state index is 13.4. The molecule has 0 bridgehead atoms. The average Bonchev–Trinajstić information content (AvgIpc) is 2.88. The van der Waals surface area contributed by atoms with Gasteiger partial charge >= 0.3 is 0 Å². The molecule has 1 fully saturated rings. The lowest BCUT2D eigenvalue weighted by molar-refractivity contribution is 0.101. The van der Waals surface area contributed by atoms with Gasteiger partial charge in [0.1, 0.15) is 0 Å². The molecule has 1 aromatic rings. The molecule has 0 heterocycles. The third-order valence-corrected chi connectivity index (χ3v) is 3.39. The third kappa shape index (κ3) is 1.98. The van der Waals surface area contributed by atoms with Gasteiger partial charge in [-0.15, -0.1) is 0 Å². The van der Waals surface area contributed by atoms with Crippen LogP contribution in [0, 0.1) is 35.0 Å². The molecule has 0 radical (unpaired) electrons. The Bertz CT molecular complexity index is 439. The Hall–Kier alpha value is -1.17. The summed E-state index contributed by atoms with van der Waals surface area (Å²) in [4.78, 5) is 0. The van der Waals surface area contributed by atoms with Gasteiger partial charge in [-0.1, -0.05) is 12.8 Å². The molecule has 1 nitrogen and oxygen atoms in total. The van der Waals surface area contributed by atoms with E-state index < -0.39 is 46.7 Å². The minimum Gasteiger partial charge on any atom is -0.388 e. The minimum absolute atomic E-state index is 0.460. The van der Waals surface area contributed by atoms with E-state index in [1.54, 1.807) is 0 Å². The van der Waals surface area contributed by atoms with E-state index in [0.29, 0.717) is 12.8 Å². The maximum atomic E-state index is 13.4. The monoisotopic (exact) mass is 266 g/mol. The summed E-state index contributed by atoms with van der Waals surface area (Å²) in [6, 6.07) is 0. The highest BCUT2D eigenvalue weighted by molar-refractivity contribution is 5.26. The molecule has 1 aromatic carbocycles. The summed E-state index contributed by atoms with van der Waals surface area (Å²) < 4.78 is 65.6. The van der Waals surface area contributed by atoms with Crippen molar-refractivity contribution in [3.8, 4) is 0 Å². The second kappa shape index (κ2) is 4.84. The van der Waals surface area contributed by atoms with Crippen molar-refractivity contribution in [2.45, 2.75) is 31.8 Å². The number of halogens is 5. The average molecular weight is 266 g/mol. The topological polar surface area (TPSA) is 20.2 Å². The van der Waals surface area contributed by atoms with E-state index in [9.17, 15) is 27.1 Å². The zero-order chi connectivity index (χ0) is 13.4. The van der Waals surface area contributed by atoms with Gasteiger partial charge in [-0.3, -0.25) is 0 Å². The fraction of sp³-hybridized carbons (Fsp3) is 0.500. The van der Waals surface area contributed by atoms with Crippen molar-refractivity contribution in [3.05, 3.63) is 34.6 Å². The van der Waals surface area contributed by atoms with Crippen LogP contribution in [0.4, 0.5) is 22.0 Å². The van der Waals surface area contributed by atoms with Crippen LogP contribution in [0.3, 0.4) is 0 Å². The van der Waals surface area contributed by atoms with Gasteiger partial charge in [0, 0.05) is 0 Å². The highest BCUT2D eigenvalue weighted by atomic mass is 19.2. The standard InChI is InChI=1S/C12H11F5O/c13-7-6(12(18)5-3-1-2-4-5)8(14)10(16)11(17)9(7)15/h5,12,18H,1-4H2. The van der Waals surface area contributed by atoms with E-state index in [0.717, 1.165) is 12.8 Å². The number of hydrogen-bond donors (Lipinski definition) is 1. The normalized spacial score (nSPS) is 18.3. The molecule has 0 saturated heterocycles. The van der Waals surface area contributed by atoms with E-state index in [1.807, 2.05) is 0 Å². The van der Waals surface area contributed by atoms with E-state index >= 15 is 0 Å². The van der Waals surface area contributed by atoms with E-state index in [2.05, 4.69) is 0 Å². The highest BCUT2D eigenvalue weighted by Gasteiger charge is 2.34. The van der Waals surface area contributed by atoms with Crippen molar-refractivity contribution >= 4 is 0 Å². The van der Waals surface area contributed by atoms with Crippen LogP contribution < -0.4 is 0 Å². The number of aliphatic hydroxyl groups is 1. The van der Waals surface area contributed by atoms with Gasteiger partial charge in [-0.2, -0.15) is 0 Å². The van der Waals surface area contributed by atoms with Crippen molar-refractivity contribution in [1.82, 2.24) is 0 Å². The second-order valence-corrected chi connectivity index (χ2v) is 4.47. The highest BCUT2D eigenvalue weighted by Crippen LogP contribution is 2.38. The van der Waals surface area contributed by atoms with E-state index in [4.69, 9.17) is 0 Å². The summed E-state index contributed by atoms with van der Waals surface area (Å²) in [5.74, 6) is -10.6. The summed E-state index contributed by atoms with van der Waals surface area (Å²) in [7, 11) is 0. The molecule has 2 rings (SSSR count). The summed E-state index contributed by atoms with van der Waals surface area (Å²) in [5.41, 5.74) is -1.11. The van der Waals surface area contributed by atoms with Crippen molar-refractivity contribution in [1.29, 1.82) is 0 Å². The van der Waals surface area contributed by atoms with Gasteiger partial charge < -0.3 is 5.11 Å². The van der Waals surface area contributed by atoms with Crippen LogP contribution >= 0.6 is 0 Å². The fourth-order valence-corrected chi connectivity index (χ4v) is 2.39. The Morgan fingerprint density at radius 1 is 0.778 bits per heavy atom. The fourth-order valence-electron chi connectivity index (χ4n) is 2.39. The maximum Gasteiger partial charge on any atom is 0.200 e. The van der Waals surface area contributed by atoms with Crippen molar-refractivity contribution in [2.75, 3.05) is 0 Å².